The summed E-state index contributed by atoms with van der Waals surface area (Å²) in [7, 11) is 0. The van der Waals surface area contributed by atoms with Crippen molar-refractivity contribution in [3.8, 4) is 6.07 Å². The van der Waals surface area contributed by atoms with Gasteiger partial charge in [0, 0.05) is 30.4 Å². The van der Waals surface area contributed by atoms with E-state index in [1.54, 1.807) is 30.6 Å². The van der Waals surface area contributed by atoms with Crippen molar-refractivity contribution in [2.24, 2.45) is 10.7 Å². The first kappa shape index (κ1) is 13.4. The summed E-state index contributed by atoms with van der Waals surface area (Å²) >= 11 is 0. The monoisotopic (exact) mass is 266 g/mol. The third-order valence-electron chi connectivity index (χ3n) is 2.56. The Morgan fingerprint density at radius 1 is 1.30 bits per heavy atom. The van der Waals surface area contributed by atoms with E-state index in [1.165, 1.54) is 18.5 Å². The van der Waals surface area contributed by atoms with Crippen LogP contribution in [-0.4, -0.2) is 11.2 Å². The van der Waals surface area contributed by atoms with Crippen LogP contribution in [0.1, 0.15) is 11.1 Å². The first-order chi connectivity index (χ1) is 9.72. The van der Waals surface area contributed by atoms with Crippen LogP contribution in [0.5, 0.6) is 0 Å². The molecule has 0 fully saturated rings. The van der Waals surface area contributed by atoms with Gasteiger partial charge in [-0.05, 0) is 35.9 Å². The standard InChI is InChI=1S/C15H11FN4/c16-14-6-11(8-17)5-12(7-14)13(9-18)10-20-15-1-3-19-4-2-15/h1-7,9-10H,18H2. The van der Waals surface area contributed by atoms with Crippen LogP contribution in [0.3, 0.4) is 0 Å². The van der Waals surface area contributed by atoms with Gasteiger partial charge >= 0.3 is 0 Å². The zero-order chi connectivity index (χ0) is 14.4. The fourth-order valence-electron chi connectivity index (χ4n) is 1.61. The molecule has 98 valence electrons. The number of hydrogen-bond acceptors (Lipinski definition) is 4. The normalized spacial score (nSPS) is 11.5. The van der Waals surface area contributed by atoms with Crippen LogP contribution < -0.4 is 5.73 Å². The van der Waals surface area contributed by atoms with Crippen molar-refractivity contribution in [3.63, 3.8) is 0 Å². The Hall–Kier alpha value is -3.00. The molecular weight excluding hydrogens is 255 g/mol. The molecule has 1 aromatic heterocycles. The number of rotatable bonds is 3. The molecule has 2 aromatic rings. The molecule has 0 aliphatic heterocycles. The number of aliphatic imine (C=N–C) groups is 1. The molecule has 2 rings (SSSR count). The number of nitrogens with zero attached hydrogens (tertiary/aromatic N) is 3. The Morgan fingerprint density at radius 3 is 2.70 bits per heavy atom. The lowest BCUT2D eigenvalue weighted by molar-refractivity contribution is 0.627. The smallest absolute Gasteiger partial charge is 0.125 e. The highest BCUT2D eigenvalue weighted by molar-refractivity contribution is 6.10. The van der Waals surface area contributed by atoms with Gasteiger partial charge < -0.3 is 5.73 Å². The highest BCUT2D eigenvalue weighted by atomic mass is 19.1. The average Bonchev–Trinajstić information content (AvgIpc) is 2.48. The molecule has 0 aliphatic rings. The van der Waals surface area contributed by atoms with Crippen LogP contribution in [-0.2, 0) is 0 Å². The van der Waals surface area contributed by atoms with Crippen molar-refractivity contribution < 1.29 is 4.39 Å². The number of aromatic nitrogens is 1. The SMILES string of the molecule is N#Cc1cc(F)cc(C(C=Nc2ccncc2)=CN)c1. The predicted molar refractivity (Wildman–Crippen MR) is 75.7 cm³/mol. The van der Waals surface area contributed by atoms with Crippen LogP contribution in [0.25, 0.3) is 5.57 Å². The van der Waals surface area contributed by atoms with Gasteiger partial charge in [0.05, 0.1) is 17.3 Å². The fraction of sp³-hybridized carbons (Fsp3) is 0. The van der Waals surface area contributed by atoms with E-state index in [2.05, 4.69) is 9.98 Å². The second-order valence-electron chi connectivity index (χ2n) is 3.93. The first-order valence-electron chi connectivity index (χ1n) is 5.80. The summed E-state index contributed by atoms with van der Waals surface area (Å²) in [6, 6.07) is 9.39. The number of pyridine rings is 1. The molecule has 2 N–H and O–H groups in total. The van der Waals surface area contributed by atoms with E-state index in [0.717, 1.165) is 6.07 Å². The molecule has 0 radical (unpaired) electrons. The van der Waals surface area contributed by atoms with Crippen molar-refractivity contribution in [1.29, 1.82) is 5.26 Å². The van der Waals surface area contributed by atoms with Crippen molar-refractivity contribution >= 4 is 17.5 Å². The predicted octanol–water partition coefficient (Wildman–Crippen LogP) is 2.79. The van der Waals surface area contributed by atoms with E-state index < -0.39 is 5.82 Å². The fourth-order valence-corrected chi connectivity index (χ4v) is 1.61. The van der Waals surface area contributed by atoms with Crippen molar-refractivity contribution in [1.82, 2.24) is 4.98 Å². The molecular formula is C15H11FN4. The van der Waals surface area contributed by atoms with Crippen LogP contribution >= 0.6 is 0 Å². The summed E-state index contributed by atoms with van der Waals surface area (Å²) in [5.74, 6) is -0.490. The third-order valence-corrected chi connectivity index (χ3v) is 2.56. The Morgan fingerprint density at radius 2 is 2.05 bits per heavy atom. The lowest BCUT2D eigenvalue weighted by Crippen LogP contribution is -1.93. The molecule has 0 aliphatic carbocycles. The highest BCUT2D eigenvalue weighted by Crippen LogP contribution is 2.17. The van der Waals surface area contributed by atoms with Crippen LogP contribution in [0.2, 0.25) is 0 Å². The molecule has 5 heteroatoms. The molecule has 0 spiro atoms. The zero-order valence-corrected chi connectivity index (χ0v) is 10.5. The molecule has 0 saturated carbocycles. The maximum atomic E-state index is 13.4. The quantitative estimate of drug-likeness (QED) is 0.868. The minimum Gasteiger partial charge on any atom is -0.404 e. The molecule has 4 nitrogen and oxygen atoms in total. The Labute approximate surface area is 115 Å². The molecule has 0 unspecified atom stereocenters. The van der Waals surface area contributed by atoms with Crippen molar-refractivity contribution in [2.75, 3.05) is 0 Å². The van der Waals surface area contributed by atoms with Gasteiger partial charge in [-0.1, -0.05) is 0 Å². The molecule has 0 bridgehead atoms. The lowest BCUT2D eigenvalue weighted by Gasteiger charge is -2.02. The van der Waals surface area contributed by atoms with Gasteiger partial charge in [-0.25, -0.2) is 4.39 Å². The number of allylic oxidation sites excluding steroid dienone is 1. The van der Waals surface area contributed by atoms with Gasteiger partial charge in [-0.2, -0.15) is 5.26 Å². The van der Waals surface area contributed by atoms with Gasteiger partial charge in [0.2, 0.25) is 0 Å². The van der Waals surface area contributed by atoms with Gasteiger partial charge in [-0.3, -0.25) is 9.98 Å². The number of halogens is 1. The van der Waals surface area contributed by atoms with E-state index >= 15 is 0 Å². The molecule has 1 aromatic carbocycles. The zero-order valence-electron chi connectivity index (χ0n) is 10.5. The van der Waals surface area contributed by atoms with E-state index in [9.17, 15) is 4.39 Å². The summed E-state index contributed by atoms with van der Waals surface area (Å²) in [4.78, 5) is 8.11. The van der Waals surface area contributed by atoms with E-state index in [1.807, 2.05) is 6.07 Å². The summed E-state index contributed by atoms with van der Waals surface area (Å²) in [6.45, 7) is 0. The third kappa shape index (κ3) is 3.27. The minimum atomic E-state index is -0.490. The van der Waals surface area contributed by atoms with Gasteiger partial charge in [0.15, 0.2) is 0 Å². The van der Waals surface area contributed by atoms with Gasteiger partial charge in [-0.15, -0.1) is 0 Å². The maximum Gasteiger partial charge on any atom is 0.125 e. The molecule has 0 amide bonds. The second kappa shape index (κ2) is 6.25. The second-order valence-corrected chi connectivity index (χ2v) is 3.93. The highest BCUT2D eigenvalue weighted by Gasteiger charge is 2.04. The first-order valence-corrected chi connectivity index (χ1v) is 5.80. The topological polar surface area (TPSA) is 75.1 Å². The molecule has 0 atom stereocenters. The summed E-state index contributed by atoms with van der Waals surface area (Å²) in [6.07, 6.45) is 6.08. The minimum absolute atomic E-state index is 0.233. The Balaban J connectivity index is 2.33. The summed E-state index contributed by atoms with van der Waals surface area (Å²) in [5.41, 5.74) is 7.50. The number of hydrogen-bond donors (Lipinski definition) is 1. The summed E-state index contributed by atoms with van der Waals surface area (Å²) in [5, 5.41) is 8.84. The maximum absolute atomic E-state index is 13.4. The summed E-state index contributed by atoms with van der Waals surface area (Å²) < 4.78 is 13.4. The van der Waals surface area contributed by atoms with Gasteiger partial charge in [0.25, 0.3) is 0 Å². The van der Waals surface area contributed by atoms with E-state index in [-0.39, 0.29) is 5.56 Å². The largest absolute Gasteiger partial charge is 0.404 e. The molecule has 1 heterocycles. The Kier molecular flexibility index (Phi) is 4.20. The average molecular weight is 266 g/mol. The lowest BCUT2D eigenvalue weighted by atomic mass is 10.0. The molecule has 20 heavy (non-hydrogen) atoms. The molecule has 0 saturated heterocycles. The van der Waals surface area contributed by atoms with Gasteiger partial charge in [0.1, 0.15) is 5.82 Å². The van der Waals surface area contributed by atoms with E-state index in [0.29, 0.717) is 16.8 Å². The van der Waals surface area contributed by atoms with Crippen LogP contribution in [0, 0.1) is 17.1 Å². The Bertz CT molecular complexity index is 700. The van der Waals surface area contributed by atoms with Crippen LogP contribution in [0.4, 0.5) is 10.1 Å². The number of benzene rings is 1. The van der Waals surface area contributed by atoms with E-state index in [4.69, 9.17) is 11.0 Å². The number of nitrogens with two attached hydrogens (primary N) is 1. The number of nitriles is 1. The van der Waals surface area contributed by atoms with Crippen LogP contribution in [0.15, 0.2) is 53.9 Å². The van der Waals surface area contributed by atoms with Crippen molar-refractivity contribution in [2.45, 2.75) is 0 Å². The van der Waals surface area contributed by atoms with Crippen molar-refractivity contribution in [3.05, 3.63) is 65.9 Å².